The quantitative estimate of drug-likeness (QED) is 0.706. The second-order valence-electron chi connectivity index (χ2n) is 5.07. The molecule has 0 aromatic heterocycles. The number of halogens is 1. The highest BCUT2D eigenvalue weighted by Gasteiger charge is 2.08. The first-order chi connectivity index (χ1) is 12.1. The van der Waals surface area contributed by atoms with Crippen molar-refractivity contribution in [2.45, 2.75) is 0 Å². The minimum absolute atomic E-state index is 0.121. The molecule has 0 aliphatic rings. The van der Waals surface area contributed by atoms with Gasteiger partial charge in [0.2, 0.25) is 5.91 Å². The number of amides is 2. The van der Waals surface area contributed by atoms with Crippen molar-refractivity contribution in [3.8, 4) is 11.5 Å². The van der Waals surface area contributed by atoms with Crippen molar-refractivity contribution in [1.82, 2.24) is 10.6 Å². The molecular formula is C18H19ClN2O4. The summed E-state index contributed by atoms with van der Waals surface area (Å²) in [6.07, 6.45) is 0. The predicted molar refractivity (Wildman–Crippen MR) is 95.3 cm³/mol. The van der Waals surface area contributed by atoms with Gasteiger partial charge in [0.15, 0.2) is 0 Å². The molecule has 25 heavy (non-hydrogen) atoms. The predicted octanol–water partition coefficient (Wildman–Crippen LogP) is 2.27. The Balaban J connectivity index is 1.66. The number of carbonyl (C=O) groups excluding carboxylic acids is 2. The second kappa shape index (κ2) is 9.54. The van der Waals surface area contributed by atoms with Gasteiger partial charge in [-0.05, 0) is 30.3 Å². The highest BCUT2D eigenvalue weighted by molar-refractivity contribution is 6.30. The molecule has 2 aromatic carbocycles. The van der Waals surface area contributed by atoms with E-state index in [2.05, 4.69) is 10.6 Å². The topological polar surface area (TPSA) is 76.7 Å². The van der Waals surface area contributed by atoms with E-state index in [-0.39, 0.29) is 18.4 Å². The third-order valence-corrected chi connectivity index (χ3v) is 3.47. The second-order valence-corrected chi connectivity index (χ2v) is 5.51. The number of hydrogen-bond donors (Lipinski definition) is 2. The lowest BCUT2D eigenvalue weighted by Gasteiger charge is -2.09. The molecule has 6 nitrogen and oxygen atoms in total. The Morgan fingerprint density at radius 3 is 2.56 bits per heavy atom. The maximum Gasteiger partial charge on any atom is 0.251 e. The van der Waals surface area contributed by atoms with Gasteiger partial charge in [-0.2, -0.15) is 0 Å². The lowest BCUT2D eigenvalue weighted by atomic mass is 10.2. The first kappa shape index (κ1) is 18.6. The maximum atomic E-state index is 11.9. The number of carbonyl (C=O) groups is 2. The van der Waals surface area contributed by atoms with Gasteiger partial charge in [-0.15, -0.1) is 0 Å². The number of methoxy groups -OCH3 is 1. The van der Waals surface area contributed by atoms with E-state index in [1.807, 2.05) is 12.1 Å². The van der Waals surface area contributed by atoms with Gasteiger partial charge in [0, 0.05) is 16.7 Å². The molecule has 0 bridgehead atoms. The molecule has 2 amide bonds. The summed E-state index contributed by atoms with van der Waals surface area (Å²) >= 11 is 5.82. The average molecular weight is 363 g/mol. The largest absolute Gasteiger partial charge is 0.497 e. The van der Waals surface area contributed by atoms with Crippen LogP contribution in [-0.2, 0) is 4.79 Å². The molecule has 132 valence electrons. The van der Waals surface area contributed by atoms with Gasteiger partial charge >= 0.3 is 0 Å². The van der Waals surface area contributed by atoms with E-state index >= 15 is 0 Å². The molecule has 0 saturated carbocycles. The van der Waals surface area contributed by atoms with Crippen molar-refractivity contribution in [2.75, 3.05) is 26.8 Å². The summed E-state index contributed by atoms with van der Waals surface area (Å²) in [5.74, 6) is 0.697. The molecule has 2 N–H and O–H groups in total. The van der Waals surface area contributed by atoms with Gasteiger partial charge in [-0.25, -0.2) is 0 Å². The average Bonchev–Trinajstić information content (AvgIpc) is 2.63. The Labute approximate surface area is 151 Å². The van der Waals surface area contributed by atoms with E-state index in [0.717, 1.165) is 0 Å². The standard InChI is InChI=1S/C18H19ClN2O4/c1-24-15-6-3-7-16(11-15)25-9-8-20-17(22)12-21-18(23)13-4-2-5-14(19)10-13/h2-7,10-11H,8-9,12H2,1H3,(H,20,22)(H,21,23). The molecule has 0 spiro atoms. The maximum absolute atomic E-state index is 11.9. The summed E-state index contributed by atoms with van der Waals surface area (Å²) in [7, 11) is 1.58. The summed E-state index contributed by atoms with van der Waals surface area (Å²) in [4.78, 5) is 23.6. The van der Waals surface area contributed by atoms with Crippen LogP contribution in [0.15, 0.2) is 48.5 Å². The van der Waals surface area contributed by atoms with E-state index < -0.39 is 0 Å². The zero-order chi connectivity index (χ0) is 18.1. The molecule has 7 heteroatoms. The molecule has 2 aromatic rings. The van der Waals surface area contributed by atoms with E-state index in [1.54, 1.807) is 37.4 Å². The third-order valence-electron chi connectivity index (χ3n) is 3.23. The Morgan fingerprint density at radius 1 is 1.04 bits per heavy atom. The summed E-state index contributed by atoms with van der Waals surface area (Å²) in [5, 5.41) is 5.66. The zero-order valence-electron chi connectivity index (χ0n) is 13.8. The number of benzene rings is 2. The molecule has 2 rings (SSSR count). The molecule has 0 atom stereocenters. The van der Waals surface area contributed by atoms with Gasteiger partial charge in [-0.1, -0.05) is 23.7 Å². The molecule has 0 unspecified atom stereocenters. The van der Waals surface area contributed by atoms with Gasteiger partial charge in [0.1, 0.15) is 18.1 Å². The van der Waals surface area contributed by atoms with E-state index in [1.165, 1.54) is 6.07 Å². The Bertz CT molecular complexity index is 737. The first-order valence-electron chi connectivity index (χ1n) is 7.66. The fraction of sp³-hybridized carbons (Fsp3) is 0.222. The fourth-order valence-corrected chi connectivity index (χ4v) is 2.20. The fourth-order valence-electron chi connectivity index (χ4n) is 2.01. The Hall–Kier alpha value is -2.73. The monoisotopic (exact) mass is 362 g/mol. The van der Waals surface area contributed by atoms with Crippen LogP contribution >= 0.6 is 11.6 Å². The number of hydrogen-bond acceptors (Lipinski definition) is 4. The van der Waals surface area contributed by atoms with Crippen molar-refractivity contribution in [3.05, 3.63) is 59.1 Å². The molecule has 0 radical (unpaired) electrons. The number of nitrogens with one attached hydrogen (secondary N) is 2. The van der Waals surface area contributed by atoms with Gasteiger partial charge in [-0.3, -0.25) is 9.59 Å². The van der Waals surface area contributed by atoms with Crippen LogP contribution in [0.25, 0.3) is 0 Å². The Kier molecular flexibility index (Phi) is 7.10. The molecule has 0 aliphatic carbocycles. The minimum atomic E-state index is -0.356. The van der Waals surface area contributed by atoms with Crippen molar-refractivity contribution in [3.63, 3.8) is 0 Å². The van der Waals surface area contributed by atoms with Gasteiger partial charge in [0.05, 0.1) is 20.2 Å². The van der Waals surface area contributed by atoms with Crippen LogP contribution in [0.3, 0.4) is 0 Å². The van der Waals surface area contributed by atoms with Crippen LogP contribution in [0.4, 0.5) is 0 Å². The van der Waals surface area contributed by atoms with Crippen molar-refractivity contribution in [2.24, 2.45) is 0 Å². The third kappa shape index (κ3) is 6.35. The highest BCUT2D eigenvalue weighted by atomic mass is 35.5. The zero-order valence-corrected chi connectivity index (χ0v) is 14.5. The van der Waals surface area contributed by atoms with E-state index in [0.29, 0.717) is 35.2 Å². The Morgan fingerprint density at radius 2 is 1.80 bits per heavy atom. The molecule has 0 aliphatic heterocycles. The van der Waals surface area contributed by atoms with Crippen LogP contribution in [0, 0.1) is 0 Å². The lowest BCUT2D eigenvalue weighted by molar-refractivity contribution is -0.120. The number of ether oxygens (including phenoxy) is 2. The van der Waals surface area contributed by atoms with E-state index in [4.69, 9.17) is 21.1 Å². The summed E-state index contributed by atoms with van der Waals surface area (Å²) < 4.78 is 10.6. The molecule has 0 saturated heterocycles. The van der Waals surface area contributed by atoms with Gasteiger partial charge in [0.25, 0.3) is 5.91 Å². The minimum Gasteiger partial charge on any atom is -0.497 e. The van der Waals surface area contributed by atoms with Crippen molar-refractivity contribution in [1.29, 1.82) is 0 Å². The van der Waals surface area contributed by atoms with Gasteiger partial charge < -0.3 is 20.1 Å². The summed E-state index contributed by atoms with van der Waals surface area (Å²) in [5.41, 5.74) is 0.404. The van der Waals surface area contributed by atoms with Crippen molar-refractivity contribution >= 4 is 23.4 Å². The molecule has 0 heterocycles. The lowest BCUT2D eigenvalue weighted by Crippen LogP contribution is -2.38. The smallest absolute Gasteiger partial charge is 0.251 e. The summed E-state index contributed by atoms with van der Waals surface area (Å²) in [6.45, 7) is 0.509. The molecular weight excluding hydrogens is 344 g/mol. The van der Waals surface area contributed by atoms with Crippen LogP contribution in [0.1, 0.15) is 10.4 Å². The first-order valence-corrected chi connectivity index (χ1v) is 8.03. The van der Waals surface area contributed by atoms with Crippen LogP contribution in [0.2, 0.25) is 5.02 Å². The van der Waals surface area contributed by atoms with Crippen LogP contribution in [0.5, 0.6) is 11.5 Å². The van der Waals surface area contributed by atoms with Crippen LogP contribution in [-0.4, -0.2) is 38.6 Å². The van der Waals surface area contributed by atoms with E-state index in [9.17, 15) is 9.59 Å². The highest BCUT2D eigenvalue weighted by Crippen LogP contribution is 2.18. The van der Waals surface area contributed by atoms with Crippen LogP contribution < -0.4 is 20.1 Å². The number of rotatable bonds is 8. The summed E-state index contributed by atoms with van der Waals surface area (Å²) in [6, 6.07) is 13.7. The normalized spacial score (nSPS) is 10.0. The van der Waals surface area contributed by atoms with Crippen molar-refractivity contribution < 1.29 is 19.1 Å². The SMILES string of the molecule is COc1cccc(OCCNC(=O)CNC(=O)c2cccc(Cl)c2)c1. The molecule has 0 fully saturated rings.